The molecule has 0 saturated heterocycles. The first-order valence-electron chi connectivity index (χ1n) is 12.2. The Bertz CT molecular complexity index is 1050. The number of esters is 1. The molecule has 0 aliphatic carbocycles. The fraction of sp³-hybridized carbons (Fsp3) is 0.300. The van der Waals surface area contributed by atoms with E-state index in [1.54, 1.807) is 31.2 Å². The summed E-state index contributed by atoms with van der Waals surface area (Å²) in [7, 11) is 0. The number of benzene rings is 3. The number of hydrogen-bond acceptors (Lipinski definition) is 5. The van der Waals surface area contributed by atoms with Gasteiger partial charge in [0, 0.05) is 6.42 Å². The fourth-order valence-electron chi connectivity index (χ4n) is 3.93. The number of phenolic OH excluding ortho intramolecular Hbond substituents is 2. The molecule has 0 spiro atoms. The maximum atomic E-state index is 11.5. The van der Waals surface area contributed by atoms with E-state index in [2.05, 4.69) is 19.1 Å². The number of rotatable bonds is 12. The van der Waals surface area contributed by atoms with Gasteiger partial charge in [0.25, 0.3) is 0 Å². The van der Waals surface area contributed by atoms with Gasteiger partial charge in [-0.2, -0.15) is 0 Å². The van der Waals surface area contributed by atoms with Crippen molar-refractivity contribution in [1.82, 2.24) is 0 Å². The maximum Gasteiger partial charge on any atom is 0.305 e. The SMILES string of the molecule is CCCCC(=C(c1ccc(O)cc1)c1ccc(O)cc1)c1ccc(OCCCC(=O)OCC)cc1. The normalized spacial score (nSPS) is 10.6. The largest absolute Gasteiger partial charge is 0.508 e. The summed E-state index contributed by atoms with van der Waals surface area (Å²) in [4.78, 5) is 11.5. The number of allylic oxidation sites excluding steroid dienone is 1. The summed E-state index contributed by atoms with van der Waals surface area (Å²) in [5, 5.41) is 19.7. The molecule has 2 N–H and O–H groups in total. The number of aromatic hydroxyl groups is 2. The molecular formula is C30H34O5. The second-order valence-electron chi connectivity index (χ2n) is 8.33. The molecule has 0 saturated carbocycles. The van der Waals surface area contributed by atoms with Crippen LogP contribution in [0.3, 0.4) is 0 Å². The molecule has 0 bridgehead atoms. The number of phenols is 2. The van der Waals surface area contributed by atoms with Crippen molar-refractivity contribution in [3.05, 3.63) is 89.5 Å². The zero-order valence-corrected chi connectivity index (χ0v) is 20.5. The lowest BCUT2D eigenvalue weighted by molar-refractivity contribution is -0.143. The van der Waals surface area contributed by atoms with E-state index in [1.165, 1.54) is 5.57 Å². The van der Waals surface area contributed by atoms with Crippen molar-refractivity contribution in [3.8, 4) is 17.2 Å². The van der Waals surface area contributed by atoms with E-state index in [0.717, 1.165) is 47.3 Å². The van der Waals surface area contributed by atoms with Gasteiger partial charge in [-0.15, -0.1) is 0 Å². The summed E-state index contributed by atoms with van der Waals surface area (Å²) in [6, 6.07) is 22.5. The average molecular weight is 475 g/mol. The van der Waals surface area contributed by atoms with Gasteiger partial charge >= 0.3 is 5.97 Å². The first-order chi connectivity index (χ1) is 17.0. The van der Waals surface area contributed by atoms with E-state index < -0.39 is 0 Å². The molecule has 0 unspecified atom stereocenters. The van der Waals surface area contributed by atoms with Crippen molar-refractivity contribution in [3.63, 3.8) is 0 Å². The molecule has 0 aliphatic heterocycles. The Morgan fingerprint density at radius 1 is 0.714 bits per heavy atom. The highest BCUT2D eigenvalue weighted by Gasteiger charge is 2.15. The summed E-state index contributed by atoms with van der Waals surface area (Å²) >= 11 is 0. The molecule has 0 aliphatic rings. The van der Waals surface area contributed by atoms with Crippen LogP contribution in [0, 0.1) is 0 Å². The van der Waals surface area contributed by atoms with Crippen molar-refractivity contribution >= 4 is 17.1 Å². The van der Waals surface area contributed by atoms with Crippen LogP contribution in [0.5, 0.6) is 17.2 Å². The van der Waals surface area contributed by atoms with E-state index in [9.17, 15) is 15.0 Å². The van der Waals surface area contributed by atoms with Crippen molar-refractivity contribution in [1.29, 1.82) is 0 Å². The van der Waals surface area contributed by atoms with E-state index in [4.69, 9.17) is 9.47 Å². The van der Waals surface area contributed by atoms with Gasteiger partial charge in [0.05, 0.1) is 13.2 Å². The lowest BCUT2D eigenvalue weighted by Crippen LogP contribution is -2.06. The Morgan fingerprint density at radius 2 is 1.26 bits per heavy atom. The van der Waals surface area contributed by atoms with Crippen LogP contribution in [0.2, 0.25) is 0 Å². The van der Waals surface area contributed by atoms with Crippen LogP contribution in [0.15, 0.2) is 72.8 Å². The molecule has 3 aromatic rings. The smallest absolute Gasteiger partial charge is 0.305 e. The number of unbranched alkanes of at least 4 members (excludes halogenated alkanes) is 1. The second-order valence-corrected chi connectivity index (χ2v) is 8.33. The third kappa shape index (κ3) is 7.64. The lowest BCUT2D eigenvalue weighted by Gasteiger charge is -2.18. The minimum Gasteiger partial charge on any atom is -0.508 e. The summed E-state index contributed by atoms with van der Waals surface area (Å²) in [6.07, 6.45) is 3.92. The first-order valence-corrected chi connectivity index (χ1v) is 12.2. The minimum absolute atomic E-state index is 0.201. The zero-order chi connectivity index (χ0) is 25.0. The van der Waals surface area contributed by atoms with E-state index >= 15 is 0 Å². The van der Waals surface area contributed by atoms with Crippen molar-refractivity contribution in [2.75, 3.05) is 13.2 Å². The summed E-state index contributed by atoms with van der Waals surface area (Å²) in [5.41, 5.74) is 5.35. The maximum absolute atomic E-state index is 11.5. The molecule has 0 aromatic heterocycles. The molecule has 5 nitrogen and oxygen atoms in total. The quantitative estimate of drug-likeness (QED) is 0.168. The van der Waals surface area contributed by atoms with Crippen LogP contribution in [0.25, 0.3) is 11.1 Å². The van der Waals surface area contributed by atoms with Crippen molar-refractivity contribution in [2.45, 2.75) is 46.0 Å². The molecule has 3 aromatic carbocycles. The van der Waals surface area contributed by atoms with Crippen LogP contribution in [0.4, 0.5) is 0 Å². The van der Waals surface area contributed by atoms with Crippen LogP contribution in [-0.4, -0.2) is 29.4 Å². The molecule has 0 radical (unpaired) electrons. The Hall–Kier alpha value is -3.73. The van der Waals surface area contributed by atoms with Gasteiger partial charge in [-0.3, -0.25) is 4.79 Å². The average Bonchev–Trinajstić information content (AvgIpc) is 2.87. The number of ether oxygens (including phenoxy) is 2. The van der Waals surface area contributed by atoms with Gasteiger partial charge in [-0.25, -0.2) is 0 Å². The Morgan fingerprint density at radius 3 is 1.77 bits per heavy atom. The number of carbonyl (C=O) groups is 1. The van der Waals surface area contributed by atoms with E-state index in [-0.39, 0.29) is 17.5 Å². The Balaban J connectivity index is 1.91. The van der Waals surface area contributed by atoms with Crippen molar-refractivity contribution in [2.24, 2.45) is 0 Å². The van der Waals surface area contributed by atoms with Gasteiger partial charge in [0.2, 0.25) is 0 Å². The van der Waals surface area contributed by atoms with Crippen LogP contribution < -0.4 is 4.74 Å². The Labute approximate surface area is 207 Å². The molecule has 0 amide bonds. The minimum atomic E-state index is -0.201. The number of hydrogen-bond donors (Lipinski definition) is 2. The van der Waals surface area contributed by atoms with Gasteiger partial charge in [0.1, 0.15) is 17.2 Å². The lowest BCUT2D eigenvalue weighted by atomic mass is 9.87. The highest BCUT2D eigenvalue weighted by Crippen LogP contribution is 2.37. The first kappa shape index (κ1) is 25.9. The predicted molar refractivity (Wildman–Crippen MR) is 139 cm³/mol. The monoisotopic (exact) mass is 474 g/mol. The molecular weight excluding hydrogens is 440 g/mol. The molecule has 184 valence electrons. The highest BCUT2D eigenvalue weighted by molar-refractivity contribution is 5.98. The van der Waals surface area contributed by atoms with Crippen LogP contribution >= 0.6 is 0 Å². The van der Waals surface area contributed by atoms with E-state index in [1.807, 2.05) is 36.4 Å². The highest BCUT2D eigenvalue weighted by atomic mass is 16.5. The van der Waals surface area contributed by atoms with E-state index in [0.29, 0.717) is 26.1 Å². The molecule has 5 heteroatoms. The molecule has 35 heavy (non-hydrogen) atoms. The summed E-state index contributed by atoms with van der Waals surface area (Å²) in [5.74, 6) is 0.994. The second kappa shape index (κ2) is 13.2. The summed E-state index contributed by atoms with van der Waals surface area (Å²) < 4.78 is 10.8. The molecule has 3 rings (SSSR count). The van der Waals surface area contributed by atoms with Gasteiger partial charge in [-0.05, 0) is 90.4 Å². The fourth-order valence-corrected chi connectivity index (χ4v) is 3.93. The standard InChI is InChI=1S/C30H34O5/c1-3-5-7-28(22-13-19-27(20-14-22)35-21-6-8-29(33)34-4-2)30(23-9-15-25(31)16-10-23)24-11-17-26(32)18-12-24/h9-20,31-32H,3-8,21H2,1-2H3. The zero-order valence-electron chi connectivity index (χ0n) is 20.5. The van der Waals surface area contributed by atoms with Crippen molar-refractivity contribution < 1.29 is 24.5 Å². The number of carbonyl (C=O) groups excluding carboxylic acids is 1. The molecule has 0 fully saturated rings. The molecule has 0 atom stereocenters. The Kier molecular flexibility index (Phi) is 9.79. The van der Waals surface area contributed by atoms with Gasteiger partial charge < -0.3 is 19.7 Å². The van der Waals surface area contributed by atoms with Gasteiger partial charge in [0.15, 0.2) is 0 Å². The van der Waals surface area contributed by atoms with Crippen LogP contribution in [-0.2, 0) is 9.53 Å². The van der Waals surface area contributed by atoms with Crippen LogP contribution in [0.1, 0.15) is 62.6 Å². The third-order valence-corrected chi connectivity index (χ3v) is 5.70. The third-order valence-electron chi connectivity index (χ3n) is 5.70. The molecule has 0 heterocycles. The topological polar surface area (TPSA) is 76.0 Å². The predicted octanol–water partition coefficient (Wildman–Crippen LogP) is 6.97. The summed E-state index contributed by atoms with van der Waals surface area (Å²) in [6.45, 7) is 4.81. The van der Waals surface area contributed by atoms with Gasteiger partial charge in [-0.1, -0.05) is 49.7 Å².